The Kier molecular flexibility index (Phi) is 6.51. The summed E-state index contributed by atoms with van der Waals surface area (Å²) in [6.45, 7) is 1.91. The van der Waals surface area contributed by atoms with Crippen molar-refractivity contribution in [3.8, 4) is 5.75 Å². The summed E-state index contributed by atoms with van der Waals surface area (Å²) in [6, 6.07) is 2.13. The van der Waals surface area contributed by atoms with Crippen LogP contribution in [0.1, 0.15) is 24.5 Å². The molecule has 0 spiro atoms. The van der Waals surface area contributed by atoms with Crippen LogP contribution in [0.2, 0.25) is 0 Å². The van der Waals surface area contributed by atoms with E-state index in [1.807, 2.05) is 0 Å². The number of aromatic hydroxyl groups is 1. The number of amides is 3. The van der Waals surface area contributed by atoms with Crippen LogP contribution < -0.4 is 16.4 Å². The third-order valence-corrected chi connectivity index (χ3v) is 7.53. The highest BCUT2D eigenvalue weighted by Crippen LogP contribution is 2.53. The minimum atomic E-state index is -2.43. The van der Waals surface area contributed by atoms with Crippen LogP contribution >= 0.6 is 0 Å². The van der Waals surface area contributed by atoms with Crippen molar-refractivity contribution < 1.29 is 39.6 Å². The fourth-order valence-corrected chi connectivity index (χ4v) is 5.83. The van der Waals surface area contributed by atoms with Gasteiger partial charge in [0.05, 0.1) is 11.7 Å². The minimum absolute atomic E-state index is 0.00404. The zero-order chi connectivity index (χ0) is 27.4. The third-order valence-electron chi connectivity index (χ3n) is 7.53. The molecule has 37 heavy (non-hydrogen) atoms. The number of ketones is 1. The number of likely N-dealkylation sites (N-methyl/N-ethyl adjacent to an activating group) is 2. The van der Waals surface area contributed by atoms with Gasteiger partial charge in [-0.1, -0.05) is 6.07 Å². The average Bonchev–Trinajstić information content (AvgIpc) is 2.82. The second-order valence-corrected chi connectivity index (χ2v) is 9.83. The lowest BCUT2D eigenvalue weighted by Crippen LogP contribution is -2.62. The molecule has 4 rings (SSSR count). The van der Waals surface area contributed by atoms with Crippen molar-refractivity contribution in [2.45, 2.75) is 37.8 Å². The van der Waals surface area contributed by atoms with Crippen molar-refractivity contribution in [3.05, 3.63) is 45.9 Å². The zero-order valence-electron chi connectivity index (χ0n) is 20.7. The molecule has 0 saturated heterocycles. The fourth-order valence-electron chi connectivity index (χ4n) is 5.83. The van der Waals surface area contributed by atoms with Gasteiger partial charge in [0.1, 0.15) is 22.8 Å². The Morgan fingerprint density at radius 1 is 1.14 bits per heavy atom. The first kappa shape index (κ1) is 26.2. The van der Waals surface area contributed by atoms with Crippen LogP contribution in [0.5, 0.6) is 5.75 Å². The van der Waals surface area contributed by atoms with Gasteiger partial charge in [-0.25, -0.2) is 0 Å². The molecule has 1 aromatic carbocycles. The number of allylic oxidation sites excluding steroid dienone is 1. The summed E-state index contributed by atoms with van der Waals surface area (Å²) in [5, 5.41) is 49.5. The molecular weight excluding hydrogens is 484 g/mol. The van der Waals surface area contributed by atoms with Gasteiger partial charge in [0.25, 0.3) is 5.91 Å². The maximum atomic E-state index is 13.1. The predicted molar refractivity (Wildman–Crippen MR) is 130 cm³/mol. The van der Waals surface area contributed by atoms with Gasteiger partial charge in [-0.3, -0.25) is 24.1 Å². The Morgan fingerprint density at radius 3 is 2.41 bits per heavy atom. The van der Waals surface area contributed by atoms with Gasteiger partial charge in [-0.05, 0) is 57.0 Å². The largest absolute Gasteiger partial charge is 0.509 e. The number of nitrogens with one attached hydrogen (secondary N) is 2. The molecule has 0 bridgehead atoms. The van der Waals surface area contributed by atoms with E-state index in [0.717, 1.165) is 5.56 Å². The molecule has 12 nitrogen and oxygen atoms in total. The van der Waals surface area contributed by atoms with Crippen LogP contribution in [0.25, 0.3) is 0 Å². The number of primary amides is 1. The summed E-state index contributed by atoms with van der Waals surface area (Å²) in [5.41, 5.74) is 3.55. The number of anilines is 1. The minimum Gasteiger partial charge on any atom is -0.509 e. The number of phenols is 1. The number of fused-ring (bicyclic) bond motifs is 3. The number of carbonyl (C=O) groups excluding carboxylic acids is 4. The topological polar surface area (TPSA) is 203 Å². The Morgan fingerprint density at radius 2 is 1.81 bits per heavy atom. The van der Waals surface area contributed by atoms with Crippen molar-refractivity contribution in [3.63, 3.8) is 0 Å². The number of carbonyl (C=O) groups is 4. The number of rotatable bonds is 4. The summed E-state index contributed by atoms with van der Waals surface area (Å²) in [4.78, 5) is 50.5. The summed E-state index contributed by atoms with van der Waals surface area (Å²) < 4.78 is 0. The highest BCUT2D eigenvalue weighted by molar-refractivity contribution is 6.39. The molecule has 0 heterocycles. The standard InChI is InChI=1S/C25H30N4O8/c1-4-27-23(35)24(36)28-15-6-5-10-7-11-8-14-17(29(2)3)19(31)16(22(26)34)21(33)25(14,37)20(32)13(11)9-12(10)18(15)30/h5-6,11,14,17,30,32-33,37H,4,7-9H2,1-3H3,(H2,26,34)(H,27,35)(H,28,36)/t11?,14?,17-,25?/m0/s1. The highest BCUT2D eigenvalue weighted by Gasteiger charge is 2.61. The van der Waals surface area contributed by atoms with Crippen molar-refractivity contribution >= 4 is 29.2 Å². The number of phenolic OH excluding ortho intramolecular Hbond substituents is 1. The lowest BCUT2D eigenvalue weighted by molar-refractivity contribution is -0.136. The molecule has 8 N–H and O–H groups in total. The van der Waals surface area contributed by atoms with E-state index in [-0.39, 0.29) is 36.7 Å². The van der Waals surface area contributed by atoms with E-state index in [0.29, 0.717) is 17.6 Å². The van der Waals surface area contributed by atoms with Crippen LogP contribution in [-0.2, 0) is 32.0 Å². The molecule has 0 aromatic heterocycles. The van der Waals surface area contributed by atoms with Crippen molar-refractivity contribution in [1.29, 1.82) is 0 Å². The van der Waals surface area contributed by atoms with Crippen molar-refractivity contribution in [1.82, 2.24) is 10.2 Å². The molecule has 3 unspecified atom stereocenters. The van der Waals surface area contributed by atoms with Crippen LogP contribution in [0.15, 0.2) is 34.8 Å². The number of aliphatic hydroxyl groups is 3. The lowest BCUT2D eigenvalue weighted by atomic mass is 9.59. The molecule has 0 fully saturated rings. The quantitative estimate of drug-likeness (QED) is 0.158. The molecule has 0 saturated carbocycles. The summed E-state index contributed by atoms with van der Waals surface area (Å²) >= 11 is 0. The van der Waals surface area contributed by atoms with Crippen LogP contribution in [-0.4, -0.2) is 81.1 Å². The highest BCUT2D eigenvalue weighted by atomic mass is 16.4. The van der Waals surface area contributed by atoms with Crippen LogP contribution in [0.3, 0.4) is 0 Å². The summed E-state index contributed by atoms with van der Waals surface area (Å²) in [7, 11) is 3.18. The Labute approximate surface area is 212 Å². The van der Waals surface area contributed by atoms with E-state index in [4.69, 9.17) is 5.73 Å². The first-order valence-electron chi connectivity index (χ1n) is 11.9. The monoisotopic (exact) mass is 514 g/mol. The SMILES string of the molecule is CCNC(=O)C(=O)Nc1ccc2c(c1O)CC1=C(O)C3(O)C(O)=C(C(N)=O)C(=O)[C@@H](N(C)C)C3CC1C2. The second-order valence-electron chi connectivity index (χ2n) is 9.83. The molecule has 3 aliphatic carbocycles. The Hall–Kier alpha value is -3.90. The molecule has 0 aliphatic heterocycles. The van der Waals surface area contributed by atoms with Gasteiger partial charge in [-0.2, -0.15) is 0 Å². The van der Waals surface area contributed by atoms with Crippen LogP contribution in [0, 0.1) is 11.8 Å². The number of benzene rings is 1. The van der Waals surface area contributed by atoms with Gasteiger partial charge in [0.15, 0.2) is 11.4 Å². The van der Waals surface area contributed by atoms with Gasteiger partial charge in [0, 0.05) is 24.4 Å². The second kappa shape index (κ2) is 9.20. The summed E-state index contributed by atoms with van der Waals surface area (Å²) in [5.74, 6) is -6.99. The number of aliphatic hydroxyl groups excluding tert-OH is 2. The zero-order valence-corrected chi connectivity index (χ0v) is 20.7. The van der Waals surface area contributed by atoms with Gasteiger partial charge >= 0.3 is 11.8 Å². The van der Waals surface area contributed by atoms with E-state index >= 15 is 0 Å². The molecular formula is C25H30N4O8. The average molecular weight is 515 g/mol. The normalized spacial score (nSPS) is 26.8. The Bertz CT molecular complexity index is 1280. The van der Waals surface area contributed by atoms with E-state index in [9.17, 15) is 39.6 Å². The molecule has 3 amide bonds. The number of Topliss-reactive ketones (excluding diaryl/α,β-unsaturated/α-hetero) is 1. The molecule has 0 radical (unpaired) electrons. The number of hydrogen-bond donors (Lipinski definition) is 7. The van der Waals surface area contributed by atoms with E-state index in [2.05, 4.69) is 10.6 Å². The number of hydrogen-bond acceptors (Lipinski definition) is 9. The number of nitrogens with zero attached hydrogens (tertiary/aromatic N) is 1. The number of nitrogens with two attached hydrogens (primary N) is 1. The first-order valence-corrected chi connectivity index (χ1v) is 11.9. The Balaban J connectivity index is 1.79. The van der Waals surface area contributed by atoms with Gasteiger partial charge in [-0.15, -0.1) is 0 Å². The molecule has 3 aliphatic rings. The third kappa shape index (κ3) is 3.92. The van der Waals surface area contributed by atoms with E-state index < -0.39 is 58.2 Å². The molecule has 1 aromatic rings. The van der Waals surface area contributed by atoms with Gasteiger partial charge in [0.2, 0.25) is 0 Å². The maximum absolute atomic E-state index is 13.1. The van der Waals surface area contributed by atoms with Crippen molar-refractivity contribution in [2.24, 2.45) is 17.6 Å². The fraction of sp³-hybridized carbons (Fsp3) is 0.440. The summed E-state index contributed by atoms with van der Waals surface area (Å²) in [6.07, 6.45) is 0.481. The maximum Gasteiger partial charge on any atom is 0.313 e. The predicted octanol–water partition coefficient (Wildman–Crippen LogP) is -0.445. The molecule has 4 atom stereocenters. The molecule has 198 valence electrons. The molecule has 12 heteroatoms. The van der Waals surface area contributed by atoms with Crippen LogP contribution in [0.4, 0.5) is 5.69 Å². The van der Waals surface area contributed by atoms with E-state index in [1.54, 1.807) is 27.1 Å². The van der Waals surface area contributed by atoms with E-state index in [1.165, 1.54) is 11.0 Å². The first-order chi connectivity index (χ1) is 17.3. The van der Waals surface area contributed by atoms with Gasteiger partial charge < -0.3 is 36.8 Å². The smallest absolute Gasteiger partial charge is 0.313 e. The lowest BCUT2D eigenvalue weighted by Gasteiger charge is -2.50. The van der Waals surface area contributed by atoms with Crippen molar-refractivity contribution in [2.75, 3.05) is 26.0 Å².